The lowest BCUT2D eigenvalue weighted by atomic mass is 9.97. The zero-order valence-corrected chi connectivity index (χ0v) is 24.5. The molecule has 0 aromatic heterocycles. The Bertz CT molecular complexity index is 1290. The Morgan fingerprint density at radius 2 is 1.73 bits per heavy atom. The zero-order chi connectivity index (χ0) is 29.1. The van der Waals surface area contributed by atoms with E-state index in [0.717, 1.165) is 27.2 Å². The third kappa shape index (κ3) is 9.53. The Balaban J connectivity index is 1.66. The van der Waals surface area contributed by atoms with Gasteiger partial charge in [-0.05, 0) is 48.7 Å². The van der Waals surface area contributed by atoms with Gasteiger partial charge in [-0.15, -0.1) is 0 Å². The number of methoxy groups -OCH3 is 1. The highest BCUT2D eigenvalue weighted by molar-refractivity contribution is 9.10. The van der Waals surface area contributed by atoms with Crippen molar-refractivity contribution in [1.82, 2.24) is 5.32 Å². The molecule has 0 fully saturated rings. The minimum absolute atomic E-state index is 0.0460. The van der Waals surface area contributed by atoms with Crippen LogP contribution in [0.5, 0.6) is 5.75 Å². The Kier molecular flexibility index (Phi) is 11.8. The molecule has 2 atom stereocenters. The molecule has 0 saturated heterocycles. The van der Waals surface area contributed by atoms with Crippen LogP contribution in [0.3, 0.4) is 0 Å². The number of nitrogens with one attached hydrogen (secondary N) is 2. The Labute approximate surface area is 242 Å². The van der Waals surface area contributed by atoms with Crippen molar-refractivity contribution in [2.75, 3.05) is 25.6 Å². The fraction of sp³-hybridized carbons (Fsp3) is 0.333. The molecule has 2 N–H and O–H groups in total. The summed E-state index contributed by atoms with van der Waals surface area (Å²) < 4.78 is 37.6. The molecule has 0 saturated carbocycles. The molecule has 0 radical (unpaired) electrons. The molecular weight excluding hydrogens is 583 g/mol. The number of amides is 2. The summed E-state index contributed by atoms with van der Waals surface area (Å²) in [6.45, 7) is 6.01. The van der Waals surface area contributed by atoms with E-state index in [4.69, 9.17) is 18.9 Å². The van der Waals surface area contributed by atoms with Crippen LogP contribution in [0, 0.1) is 12.7 Å². The van der Waals surface area contributed by atoms with Crippen molar-refractivity contribution in [3.63, 3.8) is 0 Å². The molecule has 3 aromatic rings. The molecular formula is C30H34BrFN2O6. The van der Waals surface area contributed by atoms with Crippen molar-refractivity contribution in [2.24, 2.45) is 0 Å². The van der Waals surface area contributed by atoms with E-state index in [1.807, 2.05) is 62.4 Å². The van der Waals surface area contributed by atoms with Crippen LogP contribution in [0.25, 0.3) is 0 Å². The average Bonchev–Trinajstić information content (AvgIpc) is 2.91. The van der Waals surface area contributed by atoms with E-state index in [1.165, 1.54) is 13.2 Å². The Morgan fingerprint density at radius 3 is 2.42 bits per heavy atom. The molecule has 0 aliphatic carbocycles. The predicted molar refractivity (Wildman–Crippen MR) is 154 cm³/mol. The van der Waals surface area contributed by atoms with Crippen LogP contribution in [0.4, 0.5) is 19.7 Å². The molecule has 214 valence electrons. The molecule has 3 aromatic carbocycles. The van der Waals surface area contributed by atoms with Gasteiger partial charge in [0, 0.05) is 41.4 Å². The number of carbonyl (C=O) groups is 2. The highest BCUT2D eigenvalue weighted by Gasteiger charge is 2.19. The van der Waals surface area contributed by atoms with Gasteiger partial charge in [0.2, 0.25) is 0 Å². The Hall–Kier alpha value is -3.63. The van der Waals surface area contributed by atoms with Crippen LogP contribution in [-0.4, -0.2) is 38.6 Å². The number of hydrogen-bond donors (Lipinski definition) is 2. The number of halogens is 2. The van der Waals surface area contributed by atoms with E-state index >= 15 is 4.39 Å². The van der Waals surface area contributed by atoms with Gasteiger partial charge in [0.05, 0.1) is 13.2 Å². The van der Waals surface area contributed by atoms with Gasteiger partial charge in [-0.25, -0.2) is 14.0 Å². The summed E-state index contributed by atoms with van der Waals surface area (Å²) in [6.07, 6.45) is -1.88. The minimum atomic E-state index is -0.733. The average molecular weight is 618 g/mol. The van der Waals surface area contributed by atoms with Crippen LogP contribution in [0.1, 0.15) is 42.0 Å². The third-order valence-corrected chi connectivity index (χ3v) is 6.44. The van der Waals surface area contributed by atoms with Gasteiger partial charge in [-0.2, -0.15) is 0 Å². The van der Waals surface area contributed by atoms with Gasteiger partial charge in [-0.1, -0.05) is 59.3 Å². The summed E-state index contributed by atoms with van der Waals surface area (Å²) in [6, 6.07) is 17.8. The first-order valence-electron chi connectivity index (χ1n) is 12.8. The molecule has 0 spiro atoms. The number of aryl methyl sites for hydroxylation is 1. The maximum Gasteiger partial charge on any atom is 0.411 e. The van der Waals surface area contributed by atoms with Gasteiger partial charge >= 0.3 is 12.2 Å². The summed E-state index contributed by atoms with van der Waals surface area (Å²) in [7, 11) is 1.51. The molecule has 0 bridgehead atoms. The molecule has 8 nitrogen and oxygen atoms in total. The fourth-order valence-electron chi connectivity index (χ4n) is 4.03. The van der Waals surface area contributed by atoms with E-state index in [1.54, 1.807) is 6.92 Å². The van der Waals surface area contributed by atoms with Gasteiger partial charge in [0.15, 0.2) is 11.6 Å². The second-order valence-electron chi connectivity index (χ2n) is 9.37. The second-order valence-corrected chi connectivity index (χ2v) is 10.3. The third-order valence-electron chi connectivity index (χ3n) is 5.95. The van der Waals surface area contributed by atoms with Crippen LogP contribution < -0.4 is 15.4 Å². The van der Waals surface area contributed by atoms with Crippen molar-refractivity contribution in [3.8, 4) is 5.75 Å². The topological polar surface area (TPSA) is 95.1 Å². The number of anilines is 1. The van der Waals surface area contributed by atoms with Gasteiger partial charge in [0.25, 0.3) is 0 Å². The monoisotopic (exact) mass is 616 g/mol. The van der Waals surface area contributed by atoms with Gasteiger partial charge < -0.3 is 24.3 Å². The maximum atomic E-state index is 15.2. The smallest absolute Gasteiger partial charge is 0.411 e. The van der Waals surface area contributed by atoms with Crippen molar-refractivity contribution in [3.05, 3.63) is 93.2 Å². The summed E-state index contributed by atoms with van der Waals surface area (Å²) in [5.74, 6) is -0.824. The normalized spacial score (nSPS) is 12.2. The number of ether oxygens (including phenoxy) is 4. The maximum absolute atomic E-state index is 15.2. The number of carbonyl (C=O) groups excluding carboxylic acids is 2. The van der Waals surface area contributed by atoms with Crippen molar-refractivity contribution in [2.45, 2.75) is 45.9 Å². The largest absolute Gasteiger partial charge is 0.485 e. The quantitative estimate of drug-likeness (QED) is 0.226. The van der Waals surface area contributed by atoms with Crippen molar-refractivity contribution >= 4 is 33.8 Å². The van der Waals surface area contributed by atoms with Crippen LogP contribution in [-0.2, 0) is 27.4 Å². The summed E-state index contributed by atoms with van der Waals surface area (Å²) in [5, 5.41) is 5.16. The van der Waals surface area contributed by atoms with Crippen molar-refractivity contribution < 1.29 is 32.9 Å². The predicted octanol–water partition coefficient (Wildman–Crippen LogP) is 7.09. The lowest BCUT2D eigenvalue weighted by molar-refractivity contribution is 0.0884. The van der Waals surface area contributed by atoms with E-state index < -0.39 is 24.1 Å². The second kappa shape index (κ2) is 15.2. The number of benzene rings is 3. The van der Waals surface area contributed by atoms with E-state index in [0.29, 0.717) is 5.56 Å². The van der Waals surface area contributed by atoms with E-state index in [2.05, 4.69) is 26.6 Å². The molecule has 2 amide bonds. The minimum Gasteiger partial charge on any atom is -0.485 e. The molecule has 40 heavy (non-hydrogen) atoms. The number of alkyl carbamates (subject to hydrolysis) is 1. The SMILES string of the molecule is COC[C@H](C)Oc1c(F)cc(NC(=O)OC[C@H](C)c2ccc(Br)cc2C)cc1CNC(=O)OCc1ccccc1. The first-order valence-corrected chi connectivity index (χ1v) is 13.6. The molecule has 0 heterocycles. The standard InChI is InChI=1S/C30H34BrFN2O6/c1-19-12-24(31)10-11-26(19)20(2)16-38-30(36)34-25-13-23(28(27(32)14-25)40-21(3)17-37-4)15-33-29(35)39-18-22-8-6-5-7-9-22/h5-14,20-21H,15-18H2,1-4H3,(H,33,35)(H,34,36)/t20-,21-/m0/s1. The summed E-state index contributed by atoms with van der Waals surface area (Å²) >= 11 is 3.45. The number of hydrogen-bond acceptors (Lipinski definition) is 6. The van der Waals surface area contributed by atoms with Crippen LogP contribution >= 0.6 is 15.9 Å². The molecule has 0 unspecified atom stereocenters. The van der Waals surface area contributed by atoms with E-state index in [-0.39, 0.29) is 43.7 Å². The van der Waals surface area contributed by atoms with Crippen LogP contribution in [0.2, 0.25) is 0 Å². The summed E-state index contributed by atoms with van der Waals surface area (Å²) in [4.78, 5) is 24.8. The molecule has 10 heteroatoms. The van der Waals surface area contributed by atoms with Crippen LogP contribution in [0.15, 0.2) is 65.1 Å². The molecule has 0 aliphatic rings. The van der Waals surface area contributed by atoms with Gasteiger partial charge in [-0.3, -0.25) is 5.32 Å². The lowest BCUT2D eigenvalue weighted by Crippen LogP contribution is -2.25. The fourth-order valence-corrected chi connectivity index (χ4v) is 4.51. The first-order chi connectivity index (χ1) is 19.2. The molecule has 0 aliphatic heterocycles. The lowest BCUT2D eigenvalue weighted by Gasteiger charge is -2.19. The number of rotatable bonds is 12. The van der Waals surface area contributed by atoms with E-state index in [9.17, 15) is 9.59 Å². The zero-order valence-electron chi connectivity index (χ0n) is 23.0. The van der Waals surface area contributed by atoms with Gasteiger partial charge in [0.1, 0.15) is 12.7 Å². The molecule has 3 rings (SSSR count). The first kappa shape index (κ1) is 30.9. The highest BCUT2D eigenvalue weighted by atomic mass is 79.9. The summed E-state index contributed by atoms with van der Waals surface area (Å²) in [5.41, 5.74) is 3.41. The Morgan fingerprint density at radius 1 is 0.975 bits per heavy atom. The highest BCUT2D eigenvalue weighted by Crippen LogP contribution is 2.29. The van der Waals surface area contributed by atoms with Crippen molar-refractivity contribution in [1.29, 1.82) is 0 Å².